The van der Waals surface area contributed by atoms with E-state index in [0.29, 0.717) is 12.5 Å². The van der Waals surface area contributed by atoms with E-state index in [0.717, 1.165) is 50.8 Å². The van der Waals surface area contributed by atoms with Crippen molar-refractivity contribution in [1.82, 2.24) is 4.90 Å². The standard InChI is InChI=1S/C21H27NO3/c1-2-16-9-11-21-10-6-12-22(19(21)24-15-18(21)13-16)20(23)25-14-17-7-4-3-5-8-17/h3-5,7-8,13,18-19H,2,6,9-12,14-15H2,1H3/t18-,19?,21?/m0/s1. The summed E-state index contributed by atoms with van der Waals surface area (Å²) >= 11 is 0. The average molecular weight is 341 g/mol. The van der Waals surface area contributed by atoms with Crippen molar-refractivity contribution < 1.29 is 14.3 Å². The van der Waals surface area contributed by atoms with Crippen molar-refractivity contribution in [3.05, 3.63) is 47.5 Å². The molecule has 1 aromatic rings. The lowest BCUT2D eigenvalue weighted by Crippen LogP contribution is -2.54. The largest absolute Gasteiger partial charge is 0.444 e. The second kappa shape index (κ2) is 6.83. The maximum atomic E-state index is 12.7. The Bertz CT molecular complexity index is 656. The summed E-state index contributed by atoms with van der Waals surface area (Å²) in [4.78, 5) is 14.6. The van der Waals surface area contributed by atoms with Gasteiger partial charge in [-0.2, -0.15) is 0 Å². The molecule has 1 aromatic carbocycles. The van der Waals surface area contributed by atoms with Crippen molar-refractivity contribution in [2.24, 2.45) is 11.3 Å². The van der Waals surface area contributed by atoms with Gasteiger partial charge in [0.15, 0.2) is 0 Å². The van der Waals surface area contributed by atoms with Gasteiger partial charge in [0, 0.05) is 17.9 Å². The van der Waals surface area contributed by atoms with Crippen LogP contribution in [0.4, 0.5) is 4.79 Å². The summed E-state index contributed by atoms with van der Waals surface area (Å²) in [6, 6.07) is 9.84. The minimum Gasteiger partial charge on any atom is -0.444 e. The predicted octanol–water partition coefficient (Wildman–Crippen LogP) is 4.51. The van der Waals surface area contributed by atoms with Crippen LogP contribution in [0.1, 0.15) is 44.6 Å². The molecule has 1 amide bonds. The van der Waals surface area contributed by atoms with Crippen molar-refractivity contribution in [3.63, 3.8) is 0 Å². The van der Waals surface area contributed by atoms with Gasteiger partial charge in [0.2, 0.25) is 0 Å². The number of hydrogen-bond acceptors (Lipinski definition) is 3. The lowest BCUT2D eigenvalue weighted by Gasteiger charge is -2.48. The summed E-state index contributed by atoms with van der Waals surface area (Å²) in [5.41, 5.74) is 2.66. The Kier molecular flexibility index (Phi) is 4.55. The van der Waals surface area contributed by atoms with Crippen LogP contribution in [0.2, 0.25) is 0 Å². The molecule has 25 heavy (non-hydrogen) atoms. The van der Waals surface area contributed by atoms with E-state index in [1.807, 2.05) is 35.2 Å². The summed E-state index contributed by atoms with van der Waals surface area (Å²) in [6.45, 7) is 4.01. The molecule has 134 valence electrons. The lowest BCUT2D eigenvalue weighted by atomic mass is 9.64. The Labute approximate surface area is 149 Å². The molecule has 3 atom stereocenters. The molecule has 2 heterocycles. The normalized spacial score (nSPS) is 31.1. The van der Waals surface area contributed by atoms with E-state index >= 15 is 0 Å². The fraction of sp³-hybridized carbons (Fsp3) is 0.571. The van der Waals surface area contributed by atoms with E-state index in [4.69, 9.17) is 9.47 Å². The molecule has 4 heteroatoms. The average Bonchev–Trinajstić information content (AvgIpc) is 3.05. The van der Waals surface area contributed by atoms with Gasteiger partial charge in [0.25, 0.3) is 0 Å². The molecule has 0 radical (unpaired) electrons. The van der Waals surface area contributed by atoms with E-state index < -0.39 is 0 Å². The molecule has 0 saturated carbocycles. The number of carbonyl (C=O) groups is 1. The highest BCUT2D eigenvalue weighted by molar-refractivity contribution is 5.68. The molecule has 0 aromatic heterocycles. The third kappa shape index (κ3) is 2.97. The zero-order valence-electron chi connectivity index (χ0n) is 14.9. The molecule has 2 fully saturated rings. The summed E-state index contributed by atoms with van der Waals surface area (Å²) in [6.07, 6.45) is 7.65. The zero-order chi connectivity index (χ0) is 17.3. The first-order valence-corrected chi connectivity index (χ1v) is 9.51. The molecule has 1 spiro atoms. The molecule has 2 unspecified atom stereocenters. The van der Waals surface area contributed by atoms with Crippen molar-refractivity contribution in [2.75, 3.05) is 13.2 Å². The smallest absolute Gasteiger partial charge is 0.412 e. The quantitative estimate of drug-likeness (QED) is 0.759. The molecule has 0 bridgehead atoms. The van der Waals surface area contributed by atoms with E-state index in [1.54, 1.807) is 5.57 Å². The number of benzene rings is 1. The Morgan fingerprint density at radius 2 is 2.16 bits per heavy atom. The molecular weight excluding hydrogens is 314 g/mol. The molecule has 2 saturated heterocycles. The lowest BCUT2D eigenvalue weighted by molar-refractivity contribution is -0.0971. The monoisotopic (exact) mass is 341 g/mol. The van der Waals surface area contributed by atoms with Gasteiger partial charge in [-0.15, -0.1) is 0 Å². The molecule has 1 aliphatic carbocycles. The summed E-state index contributed by atoms with van der Waals surface area (Å²) in [7, 11) is 0. The number of rotatable bonds is 3. The Balaban J connectivity index is 1.47. The number of allylic oxidation sites excluding steroid dienone is 1. The molecule has 0 N–H and O–H groups in total. The SMILES string of the molecule is CCC1=C[C@H]2COC3N(C(=O)OCc4ccccc4)CCCC32CC1. The highest BCUT2D eigenvalue weighted by Gasteiger charge is 2.56. The van der Waals surface area contributed by atoms with Gasteiger partial charge in [-0.25, -0.2) is 4.79 Å². The summed E-state index contributed by atoms with van der Waals surface area (Å²) < 4.78 is 11.7. The van der Waals surface area contributed by atoms with Crippen LogP contribution in [0.25, 0.3) is 0 Å². The van der Waals surface area contributed by atoms with Gasteiger partial charge in [-0.05, 0) is 37.7 Å². The van der Waals surface area contributed by atoms with E-state index in [-0.39, 0.29) is 17.7 Å². The molecule has 4 rings (SSSR count). The number of hydrogen-bond donors (Lipinski definition) is 0. The molecule has 4 nitrogen and oxygen atoms in total. The number of nitrogens with zero attached hydrogens (tertiary/aromatic N) is 1. The van der Waals surface area contributed by atoms with Crippen LogP contribution in [-0.2, 0) is 16.1 Å². The van der Waals surface area contributed by atoms with Gasteiger partial charge in [-0.3, -0.25) is 4.90 Å². The van der Waals surface area contributed by atoms with E-state index in [9.17, 15) is 4.79 Å². The van der Waals surface area contributed by atoms with Crippen LogP contribution in [-0.4, -0.2) is 30.4 Å². The third-order valence-corrected chi connectivity index (χ3v) is 6.23. The predicted molar refractivity (Wildman–Crippen MR) is 95.8 cm³/mol. The number of piperidine rings is 1. The molecule has 3 aliphatic rings. The van der Waals surface area contributed by atoms with Gasteiger partial charge in [-0.1, -0.05) is 48.9 Å². The van der Waals surface area contributed by atoms with Crippen LogP contribution >= 0.6 is 0 Å². The zero-order valence-corrected chi connectivity index (χ0v) is 14.9. The van der Waals surface area contributed by atoms with Gasteiger partial charge >= 0.3 is 6.09 Å². The maximum Gasteiger partial charge on any atom is 0.412 e. The topological polar surface area (TPSA) is 38.8 Å². The Morgan fingerprint density at radius 1 is 1.32 bits per heavy atom. The first kappa shape index (κ1) is 16.6. The first-order chi connectivity index (χ1) is 12.2. The Hall–Kier alpha value is -1.81. The fourth-order valence-corrected chi connectivity index (χ4v) is 4.81. The minimum absolute atomic E-state index is 0.0999. The summed E-state index contributed by atoms with van der Waals surface area (Å²) in [5, 5.41) is 0. The van der Waals surface area contributed by atoms with Crippen molar-refractivity contribution in [1.29, 1.82) is 0 Å². The fourth-order valence-electron chi connectivity index (χ4n) is 4.81. The van der Waals surface area contributed by atoms with Crippen molar-refractivity contribution in [3.8, 4) is 0 Å². The second-order valence-corrected chi connectivity index (χ2v) is 7.54. The van der Waals surface area contributed by atoms with Crippen LogP contribution in [0, 0.1) is 11.3 Å². The Morgan fingerprint density at radius 3 is 2.96 bits per heavy atom. The van der Waals surface area contributed by atoms with Crippen LogP contribution < -0.4 is 0 Å². The van der Waals surface area contributed by atoms with Crippen LogP contribution in [0.3, 0.4) is 0 Å². The third-order valence-electron chi connectivity index (χ3n) is 6.23. The van der Waals surface area contributed by atoms with Gasteiger partial charge in [0.05, 0.1) is 6.61 Å². The molecule has 2 aliphatic heterocycles. The van der Waals surface area contributed by atoms with E-state index in [1.165, 1.54) is 0 Å². The number of amides is 1. The number of likely N-dealkylation sites (tertiary alicyclic amines) is 1. The van der Waals surface area contributed by atoms with Crippen molar-refractivity contribution >= 4 is 6.09 Å². The van der Waals surface area contributed by atoms with E-state index in [2.05, 4.69) is 13.0 Å². The first-order valence-electron chi connectivity index (χ1n) is 9.51. The summed E-state index contributed by atoms with van der Waals surface area (Å²) in [5.74, 6) is 0.450. The number of ether oxygens (including phenoxy) is 2. The van der Waals surface area contributed by atoms with Crippen LogP contribution in [0.15, 0.2) is 42.0 Å². The number of carbonyl (C=O) groups excluding carboxylic acids is 1. The van der Waals surface area contributed by atoms with Gasteiger partial charge < -0.3 is 9.47 Å². The molecular formula is C21H27NO3. The van der Waals surface area contributed by atoms with Crippen LogP contribution in [0.5, 0.6) is 0 Å². The highest BCUT2D eigenvalue weighted by Crippen LogP contribution is 2.54. The minimum atomic E-state index is -0.237. The van der Waals surface area contributed by atoms with Crippen molar-refractivity contribution in [2.45, 2.75) is 51.9 Å². The van der Waals surface area contributed by atoms with Gasteiger partial charge in [0.1, 0.15) is 12.8 Å². The highest BCUT2D eigenvalue weighted by atomic mass is 16.6. The second-order valence-electron chi connectivity index (χ2n) is 7.54. The maximum absolute atomic E-state index is 12.7.